The van der Waals surface area contributed by atoms with Gasteiger partial charge < -0.3 is 23.1 Å². The van der Waals surface area contributed by atoms with Crippen molar-refractivity contribution in [1.82, 2.24) is 0 Å². The lowest BCUT2D eigenvalue weighted by Gasteiger charge is -2.32. The van der Waals surface area contributed by atoms with Crippen LogP contribution >= 0.6 is 0 Å². The van der Waals surface area contributed by atoms with Gasteiger partial charge in [-0.25, -0.2) is 0 Å². The van der Waals surface area contributed by atoms with E-state index in [4.69, 9.17) is 18.0 Å². The molecule has 172 valence electrons. The summed E-state index contributed by atoms with van der Waals surface area (Å²) in [6.07, 6.45) is 0.510. The van der Waals surface area contributed by atoms with Crippen LogP contribution in [0.3, 0.4) is 0 Å². The number of carbonyl (C=O) groups excluding carboxylic acids is 1. The monoisotopic (exact) mass is 440 g/mol. The number of aromatic hydroxyl groups is 1. The lowest BCUT2D eigenvalue weighted by atomic mass is 9.77. The van der Waals surface area contributed by atoms with Gasteiger partial charge in [0, 0.05) is 21.3 Å². The van der Waals surface area contributed by atoms with Gasteiger partial charge in [-0.05, 0) is 40.9 Å². The molecule has 2 atom stereocenters. The number of esters is 1. The van der Waals surface area contributed by atoms with E-state index in [1.165, 1.54) is 21.3 Å². The first-order chi connectivity index (χ1) is 13.7. The second-order valence-corrected chi connectivity index (χ2v) is 12.8. The molecule has 0 aliphatic heterocycles. The number of hydrogen-bond acceptors (Lipinski definition) is 6. The molecule has 0 bridgehead atoms. The lowest BCUT2D eigenvalue weighted by molar-refractivity contribution is -0.150. The Morgan fingerprint density at radius 1 is 0.967 bits per heavy atom. The minimum Gasteiger partial charge on any atom is -0.507 e. The molecule has 0 heterocycles. The van der Waals surface area contributed by atoms with Crippen LogP contribution in [0.5, 0.6) is 5.75 Å². The summed E-state index contributed by atoms with van der Waals surface area (Å²) in [5.41, 5.74) is 1.27. The summed E-state index contributed by atoms with van der Waals surface area (Å²) in [7, 11) is 1.38. The van der Waals surface area contributed by atoms with Crippen molar-refractivity contribution in [2.24, 2.45) is 0 Å². The first-order valence-electron chi connectivity index (χ1n) is 10.4. The van der Waals surface area contributed by atoms with Crippen molar-refractivity contribution in [2.45, 2.75) is 84.3 Å². The maximum atomic E-state index is 13.1. The SMILES string of the molecule is CCC(OC(=O)C(C)c1cc(C(C)(C)C)c(O)c(C(C)(C)C)c1)[Si](OC)(OC)OC. The molecular weight excluding hydrogens is 400 g/mol. The molecule has 0 saturated carbocycles. The minimum absolute atomic E-state index is 0.278. The molecule has 0 aliphatic rings. The molecule has 0 aromatic heterocycles. The van der Waals surface area contributed by atoms with Gasteiger partial charge in [-0.1, -0.05) is 60.6 Å². The van der Waals surface area contributed by atoms with Crippen molar-refractivity contribution in [1.29, 1.82) is 0 Å². The summed E-state index contributed by atoms with van der Waals surface area (Å²) in [6.45, 7) is 16.0. The predicted molar refractivity (Wildman–Crippen MR) is 121 cm³/mol. The third-order valence-corrected chi connectivity index (χ3v) is 8.50. The van der Waals surface area contributed by atoms with Gasteiger partial charge in [0.2, 0.25) is 0 Å². The normalized spacial score (nSPS) is 15.0. The van der Waals surface area contributed by atoms with Crippen LogP contribution in [-0.2, 0) is 33.6 Å². The molecule has 1 N–H and O–H groups in total. The molecule has 6 nitrogen and oxygen atoms in total. The highest BCUT2D eigenvalue weighted by Crippen LogP contribution is 2.41. The summed E-state index contributed by atoms with van der Waals surface area (Å²) in [5, 5.41) is 10.9. The van der Waals surface area contributed by atoms with E-state index in [2.05, 4.69) is 0 Å². The largest absolute Gasteiger partial charge is 0.543 e. The van der Waals surface area contributed by atoms with Crippen molar-refractivity contribution in [3.63, 3.8) is 0 Å². The van der Waals surface area contributed by atoms with Crippen molar-refractivity contribution in [3.8, 4) is 5.75 Å². The third kappa shape index (κ3) is 5.63. The average molecular weight is 441 g/mol. The van der Waals surface area contributed by atoms with Gasteiger partial charge in [0.05, 0.1) is 5.92 Å². The Morgan fingerprint density at radius 3 is 1.67 bits per heavy atom. The Balaban J connectivity index is 3.39. The van der Waals surface area contributed by atoms with E-state index >= 15 is 0 Å². The average Bonchev–Trinajstić information content (AvgIpc) is 2.66. The molecule has 7 heteroatoms. The fourth-order valence-corrected chi connectivity index (χ4v) is 5.53. The highest BCUT2D eigenvalue weighted by atomic mass is 28.4. The maximum Gasteiger partial charge on any atom is 0.543 e. The number of benzene rings is 1. The van der Waals surface area contributed by atoms with Gasteiger partial charge in [-0.2, -0.15) is 0 Å². The first kappa shape index (κ1) is 26.6. The second-order valence-electron chi connectivity index (χ2n) is 9.74. The maximum absolute atomic E-state index is 13.1. The second kappa shape index (κ2) is 9.81. The molecule has 0 spiro atoms. The van der Waals surface area contributed by atoms with Gasteiger partial charge in [0.15, 0.2) is 5.73 Å². The summed E-state index contributed by atoms with van der Waals surface area (Å²) >= 11 is 0. The van der Waals surface area contributed by atoms with Crippen LogP contribution in [0, 0.1) is 0 Å². The van der Waals surface area contributed by atoms with E-state index in [1.54, 1.807) is 0 Å². The van der Waals surface area contributed by atoms with Crippen molar-refractivity contribution in [3.05, 3.63) is 28.8 Å². The molecule has 0 saturated heterocycles. The number of carbonyl (C=O) groups is 1. The van der Waals surface area contributed by atoms with Gasteiger partial charge in [-0.15, -0.1) is 0 Å². The van der Waals surface area contributed by atoms with Crippen LogP contribution in [0.4, 0.5) is 0 Å². The van der Waals surface area contributed by atoms with Gasteiger partial charge in [0.25, 0.3) is 0 Å². The Labute approximate surface area is 183 Å². The highest BCUT2D eigenvalue weighted by Gasteiger charge is 2.50. The van der Waals surface area contributed by atoms with Crippen LogP contribution < -0.4 is 0 Å². The fraction of sp³-hybridized carbons (Fsp3) is 0.696. The summed E-state index contributed by atoms with van der Waals surface area (Å²) in [5.74, 6) is -0.621. The number of hydrogen-bond donors (Lipinski definition) is 1. The molecule has 1 rings (SSSR count). The molecule has 0 fully saturated rings. The molecule has 0 aliphatic carbocycles. The van der Waals surface area contributed by atoms with Crippen LogP contribution in [0.15, 0.2) is 12.1 Å². The van der Waals surface area contributed by atoms with Gasteiger partial charge >= 0.3 is 14.8 Å². The van der Waals surface area contributed by atoms with Crippen molar-refractivity contribution >= 4 is 14.8 Å². The predicted octanol–water partition coefficient (Wildman–Crippen LogP) is 4.83. The van der Waals surface area contributed by atoms with Gasteiger partial charge in [0.1, 0.15) is 5.75 Å². The zero-order valence-corrected chi connectivity index (χ0v) is 21.5. The van der Waals surface area contributed by atoms with Crippen LogP contribution in [0.25, 0.3) is 0 Å². The zero-order valence-electron chi connectivity index (χ0n) is 20.5. The van der Waals surface area contributed by atoms with E-state index in [9.17, 15) is 9.90 Å². The Kier molecular flexibility index (Phi) is 8.70. The fourth-order valence-electron chi connectivity index (χ4n) is 3.48. The first-order valence-corrected chi connectivity index (χ1v) is 12.2. The van der Waals surface area contributed by atoms with Gasteiger partial charge in [-0.3, -0.25) is 4.79 Å². The van der Waals surface area contributed by atoms with Crippen LogP contribution in [-0.4, -0.2) is 46.9 Å². The van der Waals surface area contributed by atoms with Crippen LogP contribution in [0.1, 0.15) is 84.4 Å². The molecule has 0 radical (unpaired) electrons. The summed E-state index contributed by atoms with van der Waals surface area (Å²) in [6, 6.07) is 3.82. The Hall–Kier alpha value is -1.41. The lowest BCUT2D eigenvalue weighted by Crippen LogP contribution is -2.56. The molecule has 1 aromatic carbocycles. The molecule has 1 aromatic rings. The summed E-state index contributed by atoms with van der Waals surface area (Å²) in [4.78, 5) is 13.1. The van der Waals surface area contributed by atoms with Crippen molar-refractivity contribution in [2.75, 3.05) is 21.3 Å². The standard InChI is InChI=1S/C23H40O6Si/c1-12-19(30(26-9,27-10)28-11)29-21(25)15(2)16-13-17(22(3,4)5)20(24)18(14-16)23(6,7)8/h13-15,19,24H,12H2,1-11H3. The Morgan fingerprint density at radius 2 is 1.37 bits per heavy atom. The van der Waals surface area contributed by atoms with E-state index in [1.807, 2.05) is 67.5 Å². The number of phenols is 1. The van der Waals surface area contributed by atoms with E-state index in [0.29, 0.717) is 6.42 Å². The molecular formula is C23H40O6Si. The number of ether oxygens (including phenoxy) is 1. The number of phenolic OH excluding ortho intramolecular Hbond substituents is 1. The number of rotatable bonds is 8. The summed E-state index contributed by atoms with van der Waals surface area (Å²) < 4.78 is 22.3. The third-order valence-electron chi connectivity index (χ3n) is 5.48. The van der Waals surface area contributed by atoms with Crippen LogP contribution in [0.2, 0.25) is 0 Å². The topological polar surface area (TPSA) is 74.2 Å². The molecule has 30 heavy (non-hydrogen) atoms. The van der Waals surface area contributed by atoms with E-state index < -0.39 is 20.4 Å². The Bertz CT molecular complexity index is 685. The van der Waals surface area contributed by atoms with E-state index in [0.717, 1.165) is 16.7 Å². The highest BCUT2D eigenvalue weighted by molar-refractivity contribution is 6.62. The molecule has 0 amide bonds. The quantitative estimate of drug-likeness (QED) is 0.461. The smallest absolute Gasteiger partial charge is 0.507 e. The zero-order chi connectivity index (χ0) is 23.5. The van der Waals surface area contributed by atoms with Crippen molar-refractivity contribution < 1.29 is 27.9 Å². The minimum atomic E-state index is -3.13. The molecule has 2 unspecified atom stereocenters. The van der Waals surface area contributed by atoms with E-state index in [-0.39, 0.29) is 22.5 Å².